The molecule has 248 valence electrons. The van der Waals surface area contributed by atoms with E-state index in [1.807, 2.05) is 62.4 Å². The summed E-state index contributed by atoms with van der Waals surface area (Å²) in [7, 11) is -4.54. The average Bonchev–Trinajstić information content (AvgIpc) is 3.04. The van der Waals surface area contributed by atoms with Crippen LogP contribution in [0.2, 0.25) is 0 Å². The molecular formula is C36H38F3N3O4S. The van der Waals surface area contributed by atoms with Crippen molar-refractivity contribution >= 4 is 27.5 Å². The van der Waals surface area contributed by atoms with E-state index >= 15 is 0 Å². The molecule has 11 heteroatoms. The van der Waals surface area contributed by atoms with Crippen molar-refractivity contribution in [2.45, 2.75) is 57.3 Å². The first-order valence-electron chi connectivity index (χ1n) is 15.2. The van der Waals surface area contributed by atoms with Crippen LogP contribution in [0.1, 0.15) is 41.2 Å². The van der Waals surface area contributed by atoms with E-state index in [0.717, 1.165) is 28.8 Å². The molecule has 2 amide bonds. The van der Waals surface area contributed by atoms with E-state index in [4.69, 9.17) is 0 Å². The monoisotopic (exact) mass is 665 g/mol. The van der Waals surface area contributed by atoms with Crippen molar-refractivity contribution in [3.63, 3.8) is 0 Å². The van der Waals surface area contributed by atoms with Crippen LogP contribution in [-0.2, 0) is 38.8 Å². The number of sulfonamides is 1. The van der Waals surface area contributed by atoms with Crippen LogP contribution >= 0.6 is 0 Å². The van der Waals surface area contributed by atoms with Crippen molar-refractivity contribution < 1.29 is 31.2 Å². The molecule has 4 aromatic rings. The van der Waals surface area contributed by atoms with E-state index in [1.54, 1.807) is 25.1 Å². The van der Waals surface area contributed by atoms with Crippen LogP contribution < -0.4 is 9.62 Å². The van der Waals surface area contributed by atoms with E-state index in [1.165, 1.54) is 23.1 Å². The lowest BCUT2D eigenvalue weighted by Gasteiger charge is -2.34. The van der Waals surface area contributed by atoms with Gasteiger partial charge in [0.2, 0.25) is 11.8 Å². The summed E-state index contributed by atoms with van der Waals surface area (Å²) in [6, 6.07) is 25.1. The predicted octanol–water partition coefficient (Wildman–Crippen LogP) is 6.68. The highest BCUT2D eigenvalue weighted by atomic mass is 32.2. The molecule has 4 rings (SSSR count). The predicted molar refractivity (Wildman–Crippen MR) is 176 cm³/mol. The van der Waals surface area contributed by atoms with E-state index in [9.17, 15) is 31.2 Å². The van der Waals surface area contributed by atoms with Gasteiger partial charge in [0.1, 0.15) is 12.6 Å². The number of carbonyl (C=O) groups is 2. The number of hydrogen-bond donors (Lipinski definition) is 1. The van der Waals surface area contributed by atoms with E-state index < -0.39 is 46.2 Å². The second-order valence-electron chi connectivity index (χ2n) is 11.4. The second kappa shape index (κ2) is 15.3. The SMILES string of the molecule is CCCNC(=O)C(Cc1ccccc1)N(Cc1cccc(C)c1)C(=O)CN(c1cccc(C(F)(F)F)c1)S(=O)(=O)c1ccc(C)cc1. The third kappa shape index (κ3) is 9.22. The molecule has 7 nitrogen and oxygen atoms in total. The molecule has 0 aliphatic carbocycles. The number of halogens is 3. The van der Waals surface area contributed by atoms with Gasteiger partial charge < -0.3 is 10.2 Å². The highest BCUT2D eigenvalue weighted by Crippen LogP contribution is 2.33. The molecule has 0 bridgehead atoms. The Labute approximate surface area is 274 Å². The second-order valence-corrected chi connectivity index (χ2v) is 13.2. The lowest BCUT2D eigenvalue weighted by Crippen LogP contribution is -2.53. The summed E-state index contributed by atoms with van der Waals surface area (Å²) >= 11 is 0. The van der Waals surface area contributed by atoms with Crippen molar-refractivity contribution in [3.05, 3.63) is 131 Å². The number of carbonyl (C=O) groups excluding carboxylic acids is 2. The maximum absolute atomic E-state index is 14.5. The summed E-state index contributed by atoms with van der Waals surface area (Å²) in [4.78, 5) is 29.3. The summed E-state index contributed by atoms with van der Waals surface area (Å²) < 4.78 is 70.2. The fourth-order valence-electron chi connectivity index (χ4n) is 5.13. The van der Waals surface area contributed by atoms with Gasteiger partial charge in [-0.05, 0) is 61.7 Å². The molecule has 0 aliphatic heterocycles. The van der Waals surface area contributed by atoms with Crippen LogP contribution in [0.5, 0.6) is 0 Å². The molecule has 0 saturated carbocycles. The summed E-state index contributed by atoms with van der Waals surface area (Å²) in [5.74, 6) is -1.18. The largest absolute Gasteiger partial charge is 0.416 e. The first-order chi connectivity index (χ1) is 22.3. The van der Waals surface area contributed by atoms with Gasteiger partial charge in [0.25, 0.3) is 10.0 Å². The topological polar surface area (TPSA) is 86.8 Å². The zero-order chi connectivity index (χ0) is 34.2. The molecule has 0 spiro atoms. The smallest absolute Gasteiger partial charge is 0.354 e. The number of hydrogen-bond acceptors (Lipinski definition) is 4. The average molecular weight is 666 g/mol. The highest BCUT2D eigenvalue weighted by molar-refractivity contribution is 7.92. The number of anilines is 1. The maximum atomic E-state index is 14.5. The minimum absolute atomic E-state index is 0.0431. The summed E-state index contributed by atoms with van der Waals surface area (Å²) in [6.07, 6.45) is -3.98. The van der Waals surface area contributed by atoms with Crippen molar-refractivity contribution in [2.75, 3.05) is 17.4 Å². The van der Waals surface area contributed by atoms with Crippen LogP contribution in [0.15, 0.2) is 108 Å². The van der Waals surface area contributed by atoms with Gasteiger partial charge in [0.05, 0.1) is 16.1 Å². The van der Waals surface area contributed by atoms with Gasteiger partial charge in [-0.3, -0.25) is 13.9 Å². The number of amides is 2. The molecule has 4 aromatic carbocycles. The van der Waals surface area contributed by atoms with Crippen molar-refractivity contribution in [2.24, 2.45) is 0 Å². The van der Waals surface area contributed by atoms with Crippen molar-refractivity contribution in [3.8, 4) is 0 Å². The fourth-order valence-corrected chi connectivity index (χ4v) is 6.54. The number of benzene rings is 4. The van der Waals surface area contributed by atoms with Gasteiger partial charge >= 0.3 is 6.18 Å². The molecule has 0 fully saturated rings. The Balaban J connectivity index is 1.84. The van der Waals surface area contributed by atoms with Gasteiger partial charge in [-0.1, -0.05) is 90.8 Å². The van der Waals surface area contributed by atoms with Crippen LogP contribution in [0, 0.1) is 13.8 Å². The van der Waals surface area contributed by atoms with Gasteiger partial charge in [0.15, 0.2) is 0 Å². The van der Waals surface area contributed by atoms with Crippen molar-refractivity contribution in [1.82, 2.24) is 10.2 Å². The molecule has 0 saturated heterocycles. The first kappa shape index (κ1) is 35.2. The third-order valence-electron chi connectivity index (χ3n) is 7.61. The maximum Gasteiger partial charge on any atom is 0.416 e. The molecule has 47 heavy (non-hydrogen) atoms. The van der Waals surface area contributed by atoms with E-state index in [0.29, 0.717) is 28.9 Å². The Kier molecular flexibility index (Phi) is 11.5. The number of rotatable bonds is 13. The lowest BCUT2D eigenvalue weighted by molar-refractivity contribution is -0.140. The van der Waals surface area contributed by atoms with Crippen molar-refractivity contribution in [1.29, 1.82) is 0 Å². The molecule has 0 heterocycles. The molecule has 0 radical (unpaired) electrons. The summed E-state index contributed by atoms with van der Waals surface area (Å²) in [6.45, 7) is 5.01. The minimum atomic E-state index is -4.76. The Morgan fingerprint density at radius 3 is 2.11 bits per heavy atom. The Hall–Kier alpha value is -4.64. The minimum Gasteiger partial charge on any atom is -0.354 e. The first-order valence-corrected chi connectivity index (χ1v) is 16.7. The quantitative estimate of drug-likeness (QED) is 0.173. The third-order valence-corrected chi connectivity index (χ3v) is 9.39. The van der Waals surface area contributed by atoms with Crippen LogP contribution in [0.3, 0.4) is 0 Å². The molecule has 1 atom stereocenters. The summed E-state index contributed by atoms with van der Waals surface area (Å²) in [5.41, 5.74) is 1.76. The molecule has 0 aliphatic rings. The lowest BCUT2D eigenvalue weighted by atomic mass is 10.0. The Morgan fingerprint density at radius 2 is 1.47 bits per heavy atom. The standard InChI is InChI=1S/C36H38F3N3O4S/c1-4-20-40-35(44)33(22-28-11-6-5-7-12-28)41(24-29-13-8-10-27(3)21-29)34(43)25-42(31-15-9-14-30(23-31)36(37,38)39)47(45,46)32-18-16-26(2)17-19-32/h5-19,21,23,33H,4,20,22,24-25H2,1-3H3,(H,40,44). The normalized spacial score (nSPS) is 12.3. The number of alkyl halides is 3. The Morgan fingerprint density at radius 1 is 0.809 bits per heavy atom. The Bertz CT molecular complexity index is 1780. The number of nitrogens with zero attached hydrogens (tertiary/aromatic N) is 2. The van der Waals surface area contributed by atoms with Gasteiger partial charge in [-0.25, -0.2) is 8.42 Å². The molecule has 1 unspecified atom stereocenters. The van der Waals surface area contributed by atoms with Crippen LogP contribution in [-0.4, -0.2) is 44.3 Å². The zero-order valence-corrected chi connectivity index (χ0v) is 27.3. The van der Waals surface area contributed by atoms with E-state index in [2.05, 4.69) is 5.32 Å². The molecular weight excluding hydrogens is 627 g/mol. The fraction of sp³-hybridized carbons (Fsp3) is 0.278. The van der Waals surface area contributed by atoms with Crippen LogP contribution in [0.4, 0.5) is 18.9 Å². The summed E-state index contributed by atoms with van der Waals surface area (Å²) in [5, 5.41) is 2.87. The zero-order valence-electron chi connectivity index (χ0n) is 26.5. The number of nitrogens with one attached hydrogen (secondary N) is 1. The van der Waals surface area contributed by atoms with Gasteiger partial charge in [-0.15, -0.1) is 0 Å². The molecule has 1 N–H and O–H groups in total. The highest BCUT2D eigenvalue weighted by Gasteiger charge is 2.36. The van der Waals surface area contributed by atoms with E-state index in [-0.39, 0.29) is 23.5 Å². The van der Waals surface area contributed by atoms with Gasteiger partial charge in [0, 0.05) is 19.5 Å². The van der Waals surface area contributed by atoms with Crippen LogP contribution in [0.25, 0.3) is 0 Å². The van der Waals surface area contributed by atoms with Gasteiger partial charge in [-0.2, -0.15) is 13.2 Å². The number of aryl methyl sites for hydroxylation is 2. The molecule has 0 aromatic heterocycles.